The number of nitrogens with zero attached hydrogens (tertiary/aromatic N) is 4. The van der Waals surface area contributed by atoms with Crippen molar-refractivity contribution in [2.75, 3.05) is 26.2 Å². The number of ether oxygens (including phenoxy) is 1. The lowest BCUT2D eigenvalue weighted by Gasteiger charge is -2.51. The molecule has 9 nitrogen and oxygen atoms in total. The second-order valence-electron chi connectivity index (χ2n) is 7.64. The van der Waals surface area contributed by atoms with E-state index in [9.17, 15) is 9.59 Å². The maximum Gasteiger partial charge on any atom is 0.441 e. The van der Waals surface area contributed by atoms with E-state index in [4.69, 9.17) is 10.5 Å². The SMILES string of the molecule is CCc1nnc(C2(c3ccccc3)N(F)C(=O)OC2(C(C)C(N)=O)N2CCNCC2)s1. The molecule has 0 aliphatic carbocycles. The number of rotatable bonds is 6. The molecule has 0 saturated carbocycles. The van der Waals surface area contributed by atoms with Crippen molar-refractivity contribution >= 4 is 23.3 Å². The van der Waals surface area contributed by atoms with Crippen molar-refractivity contribution in [1.82, 2.24) is 25.5 Å². The fourth-order valence-corrected chi connectivity index (χ4v) is 5.61. The molecule has 0 radical (unpaired) electrons. The Hall–Kier alpha value is -2.63. The van der Waals surface area contributed by atoms with Gasteiger partial charge in [-0.1, -0.05) is 53.1 Å². The highest BCUT2D eigenvalue weighted by Crippen LogP contribution is 2.57. The van der Waals surface area contributed by atoms with Crippen LogP contribution in [0, 0.1) is 5.92 Å². The highest BCUT2D eigenvalue weighted by molar-refractivity contribution is 7.11. The van der Waals surface area contributed by atoms with Gasteiger partial charge in [-0.15, -0.1) is 15.3 Å². The molecule has 1 aromatic heterocycles. The largest absolute Gasteiger partial charge is 0.441 e. The number of hydrogen-bond acceptors (Lipinski definition) is 8. The van der Waals surface area contributed by atoms with Crippen LogP contribution in [0.15, 0.2) is 30.3 Å². The summed E-state index contributed by atoms with van der Waals surface area (Å²) in [6, 6.07) is 8.68. The number of benzene rings is 1. The highest BCUT2D eigenvalue weighted by Gasteiger charge is 2.75. The number of carbonyl (C=O) groups is 2. The van der Waals surface area contributed by atoms with E-state index in [1.807, 2.05) is 11.8 Å². The maximum absolute atomic E-state index is 16.1. The fourth-order valence-electron chi connectivity index (χ4n) is 4.59. The summed E-state index contributed by atoms with van der Waals surface area (Å²) in [5, 5.41) is 12.7. The number of aromatic nitrogens is 2. The number of primary amides is 1. The molecule has 1 aromatic carbocycles. The lowest BCUT2D eigenvalue weighted by atomic mass is 9.72. The number of hydrogen-bond donors (Lipinski definition) is 2. The smallest absolute Gasteiger partial charge is 0.421 e. The Morgan fingerprint density at radius 3 is 2.58 bits per heavy atom. The molecule has 2 aliphatic heterocycles. The van der Waals surface area contributed by atoms with Crippen LogP contribution in [0.25, 0.3) is 0 Å². The zero-order chi connectivity index (χ0) is 22.2. The van der Waals surface area contributed by atoms with E-state index in [0.29, 0.717) is 43.2 Å². The van der Waals surface area contributed by atoms with Gasteiger partial charge in [-0.3, -0.25) is 9.69 Å². The van der Waals surface area contributed by atoms with Crippen LogP contribution in [0.4, 0.5) is 9.28 Å². The van der Waals surface area contributed by atoms with Crippen molar-refractivity contribution < 1.29 is 18.8 Å². The molecule has 31 heavy (non-hydrogen) atoms. The van der Waals surface area contributed by atoms with Crippen LogP contribution in [-0.4, -0.2) is 64.1 Å². The zero-order valence-electron chi connectivity index (χ0n) is 17.4. The number of aryl methyl sites for hydroxylation is 1. The van der Waals surface area contributed by atoms with Crippen molar-refractivity contribution in [2.45, 2.75) is 31.5 Å². The molecule has 2 aromatic rings. The summed E-state index contributed by atoms with van der Waals surface area (Å²) in [6.45, 7) is 5.49. The first-order valence-electron chi connectivity index (χ1n) is 10.2. The minimum Gasteiger partial charge on any atom is -0.421 e. The van der Waals surface area contributed by atoms with E-state index < -0.39 is 29.2 Å². The highest BCUT2D eigenvalue weighted by atomic mass is 32.1. The molecule has 3 unspecified atom stereocenters. The molecule has 3 heterocycles. The number of halogens is 1. The lowest BCUT2D eigenvalue weighted by molar-refractivity contribution is -0.187. The van der Waals surface area contributed by atoms with Gasteiger partial charge in [0.25, 0.3) is 0 Å². The van der Waals surface area contributed by atoms with Crippen molar-refractivity contribution in [3.05, 3.63) is 45.9 Å². The van der Waals surface area contributed by atoms with Gasteiger partial charge in [0.2, 0.25) is 17.2 Å². The van der Waals surface area contributed by atoms with E-state index in [1.165, 1.54) is 11.3 Å². The van der Waals surface area contributed by atoms with Crippen LogP contribution < -0.4 is 11.1 Å². The van der Waals surface area contributed by atoms with Gasteiger partial charge in [0.05, 0.1) is 5.92 Å². The Labute approximate surface area is 183 Å². The van der Waals surface area contributed by atoms with Gasteiger partial charge in [0.1, 0.15) is 5.01 Å². The average Bonchev–Trinajstić information content (AvgIpc) is 3.36. The molecule has 4 rings (SSSR count). The van der Waals surface area contributed by atoms with Crippen molar-refractivity contribution in [3.63, 3.8) is 0 Å². The predicted molar refractivity (Wildman–Crippen MR) is 111 cm³/mol. The number of cyclic esters (lactones) is 1. The van der Waals surface area contributed by atoms with E-state index in [1.54, 1.807) is 37.3 Å². The normalized spacial score (nSPS) is 27.8. The van der Waals surface area contributed by atoms with Crippen LogP contribution in [0.1, 0.15) is 29.4 Å². The van der Waals surface area contributed by atoms with Gasteiger partial charge in [0, 0.05) is 26.2 Å². The van der Waals surface area contributed by atoms with Crippen molar-refractivity contribution in [1.29, 1.82) is 0 Å². The van der Waals surface area contributed by atoms with Crippen molar-refractivity contribution in [3.8, 4) is 0 Å². The molecule has 3 atom stereocenters. The number of nitrogens with one attached hydrogen (secondary N) is 1. The minimum atomic E-state index is -1.86. The monoisotopic (exact) mass is 448 g/mol. The Bertz CT molecular complexity index is 969. The van der Waals surface area contributed by atoms with Gasteiger partial charge in [0.15, 0.2) is 5.01 Å². The van der Waals surface area contributed by atoms with Crippen LogP contribution in [0.3, 0.4) is 0 Å². The lowest BCUT2D eigenvalue weighted by Crippen LogP contribution is -2.71. The maximum atomic E-state index is 16.1. The van der Waals surface area contributed by atoms with E-state index in [-0.39, 0.29) is 10.1 Å². The summed E-state index contributed by atoms with van der Waals surface area (Å²) in [4.78, 5) is 27.3. The number of carbonyl (C=O) groups excluding carboxylic acids is 2. The summed E-state index contributed by atoms with van der Waals surface area (Å²) in [6.07, 6.45) is -0.598. The van der Waals surface area contributed by atoms with Gasteiger partial charge >= 0.3 is 6.09 Å². The van der Waals surface area contributed by atoms with E-state index >= 15 is 4.48 Å². The molecular formula is C20H25FN6O3S. The summed E-state index contributed by atoms with van der Waals surface area (Å²) in [5.41, 5.74) is 2.58. The standard InChI is InChI=1S/C20H25FN6O3S/c1-3-15-24-25-17(31-15)19(14-7-5-4-6-8-14)20(13(2)16(22)28,30-18(29)27(19)21)26-11-9-23-10-12-26/h4-8,13,23H,3,9-12H2,1-2H3,(H2,22,28). The molecular weight excluding hydrogens is 423 g/mol. The molecule has 2 amide bonds. The third kappa shape index (κ3) is 3.02. The van der Waals surface area contributed by atoms with Gasteiger partial charge in [-0.2, -0.15) is 0 Å². The second-order valence-corrected chi connectivity index (χ2v) is 8.70. The third-order valence-electron chi connectivity index (χ3n) is 6.09. The summed E-state index contributed by atoms with van der Waals surface area (Å²) in [5.74, 6) is -1.76. The summed E-state index contributed by atoms with van der Waals surface area (Å²) >= 11 is 1.19. The molecule has 2 aliphatic rings. The van der Waals surface area contributed by atoms with Crippen LogP contribution >= 0.6 is 11.3 Å². The number of piperazine rings is 1. The topological polar surface area (TPSA) is 114 Å². The first-order valence-corrected chi connectivity index (χ1v) is 11.0. The fraction of sp³-hybridized carbons (Fsp3) is 0.500. The van der Waals surface area contributed by atoms with Crippen LogP contribution in [-0.2, 0) is 21.5 Å². The van der Waals surface area contributed by atoms with Gasteiger partial charge < -0.3 is 15.8 Å². The first-order chi connectivity index (χ1) is 14.9. The molecule has 166 valence electrons. The molecule has 0 spiro atoms. The molecule has 0 bridgehead atoms. The van der Waals surface area contributed by atoms with Crippen LogP contribution in [0.5, 0.6) is 0 Å². The Balaban J connectivity index is 2.09. The summed E-state index contributed by atoms with van der Waals surface area (Å²) in [7, 11) is 0. The van der Waals surface area contributed by atoms with Crippen LogP contribution in [0.2, 0.25) is 0 Å². The quantitative estimate of drug-likeness (QED) is 0.642. The van der Waals surface area contributed by atoms with Gasteiger partial charge in [-0.25, -0.2) is 4.79 Å². The Morgan fingerprint density at radius 1 is 1.32 bits per heavy atom. The second kappa shape index (κ2) is 8.13. The average molecular weight is 449 g/mol. The molecule has 2 saturated heterocycles. The minimum absolute atomic E-state index is 0.0593. The molecule has 2 fully saturated rings. The van der Waals surface area contributed by atoms with Crippen molar-refractivity contribution in [2.24, 2.45) is 11.7 Å². The number of amides is 2. The molecule has 3 N–H and O–H groups in total. The molecule has 11 heteroatoms. The van der Waals surface area contributed by atoms with E-state index in [0.717, 1.165) is 0 Å². The van der Waals surface area contributed by atoms with E-state index in [2.05, 4.69) is 15.5 Å². The summed E-state index contributed by atoms with van der Waals surface area (Å²) < 4.78 is 21.9. The Kier molecular flexibility index (Phi) is 5.67. The predicted octanol–water partition coefficient (Wildman–Crippen LogP) is 1.40. The third-order valence-corrected chi connectivity index (χ3v) is 7.26. The first kappa shape index (κ1) is 21.6. The Morgan fingerprint density at radius 2 is 2.00 bits per heavy atom. The number of nitrogens with two attached hydrogens (primary N) is 1. The zero-order valence-corrected chi connectivity index (χ0v) is 18.2. The van der Waals surface area contributed by atoms with Gasteiger partial charge in [-0.05, 0) is 18.9 Å².